The van der Waals surface area contributed by atoms with E-state index in [4.69, 9.17) is 5.26 Å². The van der Waals surface area contributed by atoms with Gasteiger partial charge < -0.3 is 4.90 Å². The molecule has 0 aliphatic carbocycles. The van der Waals surface area contributed by atoms with Crippen molar-refractivity contribution in [3.8, 4) is 6.07 Å². The molecule has 1 aromatic carbocycles. The first kappa shape index (κ1) is 13.6. The zero-order chi connectivity index (χ0) is 14.0. The Morgan fingerprint density at radius 2 is 2.21 bits per heavy atom. The van der Waals surface area contributed by atoms with Gasteiger partial charge in [-0.3, -0.25) is 14.9 Å². The fourth-order valence-electron chi connectivity index (χ4n) is 2.15. The number of carbonyl (C=O) groups excluding carboxylic acids is 2. The van der Waals surface area contributed by atoms with E-state index in [1.165, 1.54) is 0 Å². The summed E-state index contributed by atoms with van der Waals surface area (Å²) in [6.07, 6.45) is 0.591. The standard InChI is InChI=1S/C13H12BrN3O2/c1-2-11-13(19)16-12(18)7-17(11)10-4-8(6-15)3-9(14)5-10/h3-5,11H,2,7H2,1H3,(H,16,18,19). The van der Waals surface area contributed by atoms with Gasteiger partial charge in [-0.05, 0) is 24.6 Å². The van der Waals surface area contributed by atoms with E-state index in [0.29, 0.717) is 17.7 Å². The minimum Gasteiger partial charge on any atom is -0.350 e. The molecule has 6 heteroatoms. The van der Waals surface area contributed by atoms with Gasteiger partial charge in [-0.2, -0.15) is 5.26 Å². The van der Waals surface area contributed by atoms with Crippen molar-refractivity contribution in [1.29, 1.82) is 5.26 Å². The zero-order valence-corrected chi connectivity index (χ0v) is 11.9. The van der Waals surface area contributed by atoms with E-state index in [2.05, 4.69) is 27.3 Å². The molecule has 0 aromatic heterocycles. The second-order valence-electron chi connectivity index (χ2n) is 4.27. The molecule has 1 atom stereocenters. The summed E-state index contributed by atoms with van der Waals surface area (Å²) in [5, 5.41) is 11.3. The summed E-state index contributed by atoms with van der Waals surface area (Å²) in [5.41, 5.74) is 1.18. The van der Waals surface area contributed by atoms with Gasteiger partial charge in [-0.1, -0.05) is 22.9 Å². The number of benzene rings is 1. The molecule has 1 fully saturated rings. The SMILES string of the molecule is CCC1C(=O)NC(=O)CN1c1cc(Br)cc(C#N)c1. The van der Waals surface area contributed by atoms with Crippen molar-refractivity contribution in [2.45, 2.75) is 19.4 Å². The van der Waals surface area contributed by atoms with Crippen molar-refractivity contribution in [2.75, 3.05) is 11.4 Å². The first-order valence-electron chi connectivity index (χ1n) is 5.86. The number of halogens is 1. The van der Waals surface area contributed by atoms with E-state index in [-0.39, 0.29) is 18.4 Å². The smallest absolute Gasteiger partial charge is 0.249 e. The van der Waals surface area contributed by atoms with Gasteiger partial charge in [0.2, 0.25) is 11.8 Å². The van der Waals surface area contributed by atoms with E-state index >= 15 is 0 Å². The van der Waals surface area contributed by atoms with Crippen molar-refractivity contribution >= 4 is 33.4 Å². The zero-order valence-electron chi connectivity index (χ0n) is 10.3. The molecule has 1 aliphatic rings. The van der Waals surface area contributed by atoms with Crippen LogP contribution in [0, 0.1) is 11.3 Å². The fourth-order valence-corrected chi connectivity index (χ4v) is 2.63. The van der Waals surface area contributed by atoms with Crippen molar-refractivity contribution in [3.63, 3.8) is 0 Å². The molecule has 1 heterocycles. The summed E-state index contributed by atoms with van der Waals surface area (Å²) in [6.45, 7) is 2.00. The Bertz CT molecular complexity index is 580. The minimum absolute atomic E-state index is 0.117. The average Bonchev–Trinajstić information content (AvgIpc) is 2.37. The molecule has 0 bridgehead atoms. The highest BCUT2D eigenvalue weighted by molar-refractivity contribution is 9.10. The molecule has 1 aromatic rings. The maximum absolute atomic E-state index is 11.8. The highest BCUT2D eigenvalue weighted by Crippen LogP contribution is 2.26. The maximum Gasteiger partial charge on any atom is 0.249 e. The Kier molecular flexibility index (Phi) is 3.86. The van der Waals surface area contributed by atoms with E-state index in [9.17, 15) is 9.59 Å². The van der Waals surface area contributed by atoms with Crippen molar-refractivity contribution < 1.29 is 9.59 Å². The third-order valence-electron chi connectivity index (χ3n) is 2.99. The molecule has 1 saturated heterocycles. The van der Waals surface area contributed by atoms with Crippen LogP contribution in [0.5, 0.6) is 0 Å². The number of hydrogen-bond acceptors (Lipinski definition) is 4. The highest BCUT2D eigenvalue weighted by Gasteiger charge is 2.32. The number of rotatable bonds is 2. The molecule has 1 unspecified atom stereocenters. The van der Waals surface area contributed by atoms with Gasteiger partial charge in [0.1, 0.15) is 6.04 Å². The summed E-state index contributed by atoms with van der Waals surface area (Å²) in [4.78, 5) is 25.0. The summed E-state index contributed by atoms with van der Waals surface area (Å²) < 4.78 is 0.745. The maximum atomic E-state index is 11.8. The molecular weight excluding hydrogens is 310 g/mol. The number of piperazine rings is 1. The van der Waals surface area contributed by atoms with Gasteiger partial charge in [-0.15, -0.1) is 0 Å². The summed E-state index contributed by atoms with van der Waals surface area (Å²) in [5.74, 6) is -0.620. The Hall–Kier alpha value is -1.87. The van der Waals surface area contributed by atoms with Crippen LogP contribution in [0.3, 0.4) is 0 Å². The van der Waals surface area contributed by atoms with Crippen molar-refractivity contribution in [2.24, 2.45) is 0 Å². The Morgan fingerprint density at radius 1 is 1.47 bits per heavy atom. The lowest BCUT2D eigenvalue weighted by Gasteiger charge is -2.35. The quantitative estimate of drug-likeness (QED) is 0.839. The lowest BCUT2D eigenvalue weighted by Crippen LogP contribution is -2.58. The van der Waals surface area contributed by atoms with Crippen LogP contribution in [0.25, 0.3) is 0 Å². The van der Waals surface area contributed by atoms with Gasteiger partial charge >= 0.3 is 0 Å². The van der Waals surface area contributed by atoms with Crippen LogP contribution in [-0.4, -0.2) is 24.4 Å². The number of amides is 2. The van der Waals surface area contributed by atoms with Crippen LogP contribution in [0.2, 0.25) is 0 Å². The van der Waals surface area contributed by atoms with Crippen LogP contribution >= 0.6 is 15.9 Å². The number of nitrogens with zero attached hydrogens (tertiary/aromatic N) is 2. The van der Waals surface area contributed by atoms with E-state index < -0.39 is 6.04 Å². The monoisotopic (exact) mass is 321 g/mol. The lowest BCUT2D eigenvalue weighted by atomic mass is 10.1. The van der Waals surface area contributed by atoms with Crippen LogP contribution in [-0.2, 0) is 9.59 Å². The first-order chi connectivity index (χ1) is 9.05. The van der Waals surface area contributed by atoms with Crippen LogP contribution in [0.1, 0.15) is 18.9 Å². The van der Waals surface area contributed by atoms with Gasteiger partial charge in [0.15, 0.2) is 0 Å². The third kappa shape index (κ3) is 2.76. The van der Waals surface area contributed by atoms with E-state index in [1.54, 1.807) is 23.1 Å². The van der Waals surface area contributed by atoms with Gasteiger partial charge in [0.05, 0.1) is 18.2 Å². The molecule has 0 radical (unpaired) electrons. The molecule has 0 saturated carbocycles. The van der Waals surface area contributed by atoms with E-state index in [1.807, 2.05) is 6.92 Å². The molecule has 1 N–H and O–H groups in total. The molecular formula is C13H12BrN3O2. The second kappa shape index (κ2) is 5.41. The molecule has 5 nitrogen and oxygen atoms in total. The van der Waals surface area contributed by atoms with Gasteiger partial charge in [-0.25, -0.2) is 0 Å². The predicted molar refractivity (Wildman–Crippen MR) is 73.4 cm³/mol. The Balaban J connectivity index is 2.43. The number of anilines is 1. The van der Waals surface area contributed by atoms with Gasteiger partial charge in [0.25, 0.3) is 0 Å². The van der Waals surface area contributed by atoms with Gasteiger partial charge in [0, 0.05) is 10.2 Å². The minimum atomic E-state index is -0.390. The highest BCUT2D eigenvalue weighted by atomic mass is 79.9. The number of carbonyl (C=O) groups is 2. The summed E-state index contributed by atoms with van der Waals surface area (Å²) >= 11 is 3.33. The normalized spacial score (nSPS) is 19.0. The molecule has 2 amide bonds. The Morgan fingerprint density at radius 3 is 2.84 bits per heavy atom. The first-order valence-corrected chi connectivity index (χ1v) is 6.65. The van der Waals surface area contributed by atoms with Crippen LogP contribution < -0.4 is 10.2 Å². The molecule has 1 aliphatic heterocycles. The Labute approximate surface area is 119 Å². The predicted octanol–water partition coefficient (Wildman–Crippen LogP) is 1.56. The second-order valence-corrected chi connectivity index (χ2v) is 5.19. The van der Waals surface area contributed by atoms with Crippen molar-refractivity contribution in [3.05, 3.63) is 28.2 Å². The van der Waals surface area contributed by atoms with Crippen LogP contribution in [0.15, 0.2) is 22.7 Å². The molecule has 0 spiro atoms. The van der Waals surface area contributed by atoms with Crippen LogP contribution in [0.4, 0.5) is 5.69 Å². The summed E-state index contributed by atoms with van der Waals surface area (Å²) in [7, 11) is 0. The largest absolute Gasteiger partial charge is 0.350 e. The topological polar surface area (TPSA) is 73.2 Å². The number of hydrogen-bond donors (Lipinski definition) is 1. The number of nitriles is 1. The number of nitrogens with one attached hydrogen (secondary N) is 1. The molecule has 98 valence electrons. The third-order valence-corrected chi connectivity index (χ3v) is 3.44. The van der Waals surface area contributed by atoms with E-state index in [0.717, 1.165) is 4.47 Å². The molecule has 19 heavy (non-hydrogen) atoms. The number of imide groups is 1. The average molecular weight is 322 g/mol. The summed E-state index contributed by atoms with van der Waals surface area (Å²) in [6, 6.07) is 6.84. The fraction of sp³-hybridized carbons (Fsp3) is 0.308. The molecule has 2 rings (SSSR count). The van der Waals surface area contributed by atoms with Crippen molar-refractivity contribution in [1.82, 2.24) is 5.32 Å². The lowest BCUT2D eigenvalue weighted by molar-refractivity contribution is -0.132.